The van der Waals surface area contributed by atoms with Crippen LogP contribution in [0.2, 0.25) is 0 Å². The molecule has 0 saturated carbocycles. The molecule has 9 aromatic carbocycles. The Morgan fingerprint density at radius 1 is 0.270 bits per heavy atom. The third-order valence-electron chi connectivity index (χ3n) is 16.2. The summed E-state index contributed by atoms with van der Waals surface area (Å²) in [7, 11) is 0. The second-order valence-electron chi connectivity index (χ2n) is 21.1. The number of benzene rings is 9. The van der Waals surface area contributed by atoms with Crippen LogP contribution in [0.1, 0.15) is 49.9 Å². The lowest BCUT2D eigenvalue weighted by Gasteiger charge is -2.24. The fourth-order valence-electron chi connectivity index (χ4n) is 12.4. The number of para-hydroxylation sites is 4. The van der Waals surface area contributed by atoms with E-state index in [2.05, 4.69) is 255 Å². The molecule has 4 aromatic heterocycles. The lowest BCUT2D eigenvalue weighted by molar-refractivity contribution is 0.652. The van der Waals surface area contributed by atoms with Gasteiger partial charge in [-0.05, 0) is 105 Å². The van der Waals surface area contributed by atoms with Crippen LogP contribution in [0.3, 0.4) is 0 Å². The molecule has 0 unspecified atom stereocenters. The van der Waals surface area contributed by atoms with Gasteiger partial charge in [-0.1, -0.05) is 185 Å². The molecule has 4 heterocycles. The van der Waals surface area contributed by atoms with Gasteiger partial charge >= 0.3 is 0 Å². The third kappa shape index (κ3) is 6.18. The molecule has 0 spiro atoms. The quantitative estimate of drug-likeness (QED) is 0.167. The zero-order valence-corrected chi connectivity index (χ0v) is 41.5. The van der Waals surface area contributed by atoms with E-state index in [1.54, 1.807) is 0 Å². The van der Waals surface area contributed by atoms with E-state index in [4.69, 9.17) is 19.9 Å². The molecule has 350 valence electrons. The molecule has 2 aliphatic rings. The standard InChI is InChI=1S/C68H48N6/c1-67(2)53-35-43(59-39-57(41-19-7-5-8-20-41)69-65(71-59)73-61-27-15-11-23-47(61)48-24-12-16-28-62(48)73)31-33-45(53)51-38-56-52(37-55(51)67)46-34-32-44(36-54(46)68(56,3)4)60-40-58(42-21-9-6-10-22-42)70-66(72-60)74-63-29-17-13-25-49(63)50-26-14-18-30-64(50)74/h5-40H,1-4H3. The molecule has 0 saturated heterocycles. The number of fused-ring (bicyclic) bond motifs is 12. The summed E-state index contributed by atoms with van der Waals surface area (Å²) >= 11 is 0. The summed E-state index contributed by atoms with van der Waals surface area (Å²) in [4.78, 5) is 21.4. The van der Waals surface area contributed by atoms with Crippen LogP contribution < -0.4 is 0 Å². The Labute approximate surface area is 429 Å². The van der Waals surface area contributed by atoms with Crippen LogP contribution in [0.4, 0.5) is 0 Å². The van der Waals surface area contributed by atoms with E-state index >= 15 is 0 Å². The molecule has 6 heteroatoms. The monoisotopic (exact) mass is 948 g/mol. The summed E-state index contributed by atoms with van der Waals surface area (Å²) in [6.45, 7) is 9.52. The Morgan fingerprint density at radius 2 is 0.568 bits per heavy atom. The summed E-state index contributed by atoms with van der Waals surface area (Å²) in [6.07, 6.45) is 0. The molecule has 15 rings (SSSR count). The molecule has 0 aliphatic heterocycles. The fourth-order valence-corrected chi connectivity index (χ4v) is 12.4. The molecular weight excluding hydrogens is 901 g/mol. The predicted molar refractivity (Wildman–Crippen MR) is 303 cm³/mol. The summed E-state index contributed by atoms with van der Waals surface area (Å²) in [5.74, 6) is 1.31. The van der Waals surface area contributed by atoms with Crippen LogP contribution in [0, 0.1) is 0 Å². The van der Waals surface area contributed by atoms with Gasteiger partial charge in [-0.15, -0.1) is 0 Å². The first-order chi connectivity index (χ1) is 36.2. The highest BCUT2D eigenvalue weighted by molar-refractivity contribution is 6.10. The minimum atomic E-state index is -0.272. The molecule has 0 fully saturated rings. The zero-order chi connectivity index (χ0) is 49.5. The summed E-state index contributed by atoms with van der Waals surface area (Å²) in [5.41, 5.74) is 22.0. The molecular formula is C68H48N6. The molecule has 0 atom stereocenters. The van der Waals surface area contributed by atoms with E-state index in [0.29, 0.717) is 11.9 Å². The number of aromatic nitrogens is 6. The molecule has 6 nitrogen and oxygen atoms in total. The molecule has 74 heavy (non-hydrogen) atoms. The molecule has 2 aliphatic carbocycles. The Hall–Kier alpha value is -9.26. The van der Waals surface area contributed by atoms with Crippen LogP contribution >= 0.6 is 0 Å². The van der Waals surface area contributed by atoms with Crippen molar-refractivity contribution >= 4 is 43.6 Å². The average molecular weight is 949 g/mol. The number of hydrogen-bond acceptors (Lipinski definition) is 4. The molecule has 0 N–H and O–H groups in total. The lowest BCUT2D eigenvalue weighted by atomic mass is 9.79. The van der Waals surface area contributed by atoms with Crippen LogP contribution in [-0.4, -0.2) is 29.1 Å². The minimum Gasteiger partial charge on any atom is -0.278 e. The number of rotatable bonds is 6. The van der Waals surface area contributed by atoms with Crippen LogP contribution in [0.5, 0.6) is 0 Å². The highest BCUT2D eigenvalue weighted by Gasteiger charge is 2.42. The van der Waals surface area contributed by atoms with Crippen molar-refractivity contribution in [3.63, 3.8) is 0 Å². The Balaban J connectivity index is 0.837. The van der Waals surface area contributed by atoms with Gasteiger partial charge < -0.3 is 0 Å². The van der Waals surface area contributed by atoms with Gasteiger partial charge in [0.25, 0.3) is 0 Å². The molecule has 0 amide bonds. The van der Waals surface area contributed by atoms with E-state index in [1.807, 2.05) is 0 Å². The van der Waals surface area contributed by atoms with Gasteiger partial charge in [0.05, 0.1) is 44.8 Å². The van der Waals surface area contributed by atoms with Crippen molar-refractivity contribution < 1.29 is 0 Å². The van der Waals surface area contributed by atoms with E-state index in [9.17, 15) is 0 Å². The fraction of sp³-hybridized carbons (Fsp3) is 0.0882. The van der Waals surface area contributed by atoms with Crippen molar-refractivity contribution in [3.8, 4) is 79.2 Å². The van der Waals surface area contributed by atoms with Gasteiger partial charge in [0, 0.05) is 54.6 Å². The number of nitrogens with zero attached hydrogens (tertiary/aromatic N) is 6. The Kier molecular flexibility index (Phi) is 8.95. The maximum Gasteiger partial charge on any atom is 0.235 e. The van der Waals surface area contributed by atoms with Gasteiger partial charge in [0.15, 0.2) is 0 Å². The van der Waals surface area contributed by atoms with Crippen LogP contribution in [-0.2, 0) is 10.8 Å². The molecule has 13 aromatic rings. The minimum absolute atomic E-state index is 0.272. The highest BCUT2D eigenvalue weighted by Crippen LogP contribution is 2.57. The van der Waals surface area contributed by atoms with Crippen molar-refractivity contribution in [1.82, 2.24) is 29.1 Å². The topological polar surface area (TPSA) is 61.4 Å². The summed E-state index contributed by atoms with van der Waals surface area (Å²) < 4.78 is 4.44. The van der Waals surface area contributed by atoms with Crippen LogP contribution in [0.15, 0.2) is 218 Å². The van der Waals surface area contributed by atoms with Gasteiger partial charge in [-0.2, -0.15) is 0 Å². The summed E-state index contributed by atoms with van der Waals surface area (Å²) in [5, 5.41) is 4.73. The molecule has 0 radical (unpaired) electrons. The van der Waals surface area contributed by atoms with Gasteiger partial charge in [0.2, 0.25) is 11.9 Å². The SMILES string of the molecule is CC1(C)c2cc(-c3cc(-c4ccccc4)nc(-n4c5ccccc5c5ccccc54)n3)ccc2-c2cc3c(cc21)-c1ccc(-c2cc(-c4ccccc4)nc(-n4c5ccccc5c5ccccc54)n2)cc1C3(C)C. The van der Waals surface area contributed by atoms with Gasteiger partial charge in [-0.3, -0.25) is 9.13 Å². The smallest absolute Gasteiger partial charge is 0.235 e. The van der Waals surface area contributed by atoms with Gasteiger partial charge in [-0.25, -0.2) is 19.9 Å². The van der Waals surface area contributed by atoms with Crippen molar-refractivity contribution in [2.24, 2.45) is 0 Å². The highest BCUT2D eigenvalue weighted by atomic mass is 15.2. The zero-order valence-electron chi connectivity index (χ0n) is 41.5. The normalized spacial score (nSPS) is 13.9. The second kappa shape index (κ2) is 15.6. The largest absolute Gasteiger partial charge is 0.278 e. The van der Waals surface area contributed by atoms with Crippen molar-refractivity contribution in [2.45, 2.75) is 38.5 Å². The first kappa shape index (κ1) is 42.4. The summed E-state index contributed by atoms with van der Waals surface area (Å²) in [6, 6.07) is 78.4. The lowest BCUT2D eigenvalue weighted by Crippen LogP contribution is -2.17. The Bertz CT molecular complexity index is 4090. The van der Waals surface area contributed by atoms with Crippen LogP contribution in [0.25, 0.3) is 123 Å². The maximum absolute atomic E-state index is 5.42. The third-order valence-corrected chi connectivity index (χ3v) is 16.2. The Morgan fingerprint density at radius 3 is 0.919 bits per heavy atom. The van der Waals surface area contributed by atoms with Crippen molar-refractivity contribution in [2.75, 3.05) is 0 Å². The van der Waals surface area contributed by atoms with Crippen molar-refractivity contribution in [1.29, 1.82) is 0 Å². The van der Waals surface area contributed by atoms with E-state index in [-0.39, 0.29) is 10.8 Å². The first-order valence-corrected chi connectivity index (χ1v) is 25.5. The van der Waals surface area contributed by atoms with Gasteiger partial charge in [0.1, 0.15) is 0 Å². The van der Waals surface area contributed by atoms with E-state index < -0.39 is 0 Å². The average Bonchev–Trinajstić information content (AvgIpc) is 4.11. The first-order valence-electron chi connectivity index (χ1n) is 25.5. The van der Waals surface area contributed by atoms with E-state index in [1.165, 1.54) is 66.1 Å². The van der Waals surface area contributed by atoms with E-state index in [0.717, 1.165) is 67.1 Å². The second-order valence-corrected chi connectivity index (χ2v) is 21.1. The maximum atomic E-state index is 5.42. The predicted octanol–water partition coefficient (Wildman–Crippen LogP) is 16.7. The number of hydrogen-bond donors (Lipinski definition) is 0. The molecule has 0 bridgehead atoms. The van der Waals surface area contributed by atoms with Crippen molar-refractivity contribution in [3.05, 3.63) is 241 Å².